The fourth-order valence-electron chi connectivity index (χ4n) is 1.26. The SMILES string of the molecule is C/C(=N\Nc1nc(-c2ccc(F)cc2)cs1)C(=O)O. The van der Waals surface area contributed by atoms with E-state index in [1.807, 2.05) is 0 Å². The lowest BCUT2D eigenvalue weighted by Crippen LogP contribution is -2.10. The summed E-state index contributed by atoms with van der Waals surface area (Å²) < 4.78 is 12.8. The van der Waals surface area contributed by atoms with E-state index >= 15 is 0 Å². The summed E-state index contributed by atoms with van der Waals surface area (Å²) in [5.41, 5.74) is 3.97. The molecule has 1 aromatic carbocycles. The fourth-order valence-corrected chi connectivity index (χ4v) is 1.92. The summed E-state index contributed by atoms with van der Waals surface area (Å²) in [5.74, 6) is -1.40. The molecule has 5 nitrogen and oxygen atoms in total. The first-order valence-corrected chi connectivity index (χ1v) is 6.19. The van der Waals surface area contributed by atoms with E-state index in [1.54, 1.807) is 17.5 Å². The van der Waals surface area contributed by atoms with Crippen LogP contribution in [0.4, 0.5) is 9.52 Å². The molecule has 1 heterocycles. The largest absolute Gasteiger partial charge is 0.477 e. The quantitative estimate of drug-likeness (QED) is 0.666. The summed E-state index contributed by atoms with van der Waals surface area (Å²) in [5, 5.41) is 14.6. The molecular weight excluding hydrogens is 269 g/mol. The van der Waals surface area contributed by atoms with Gasteiger partial charge in [0, 0.05) is 10.9 Å². The topological polar surface area (TPSA) is 74.6 Å². The van der Waals surface area contributed by atoms with Crippen molar-refractivity contribution in [3.63, 3.8) is 0 Å². The van der Waals surface area contributed by atoms with Crippen LogP contribution in [0.3, 0.4) is 0 Å². The second-order valence-electron chi connectivity index (χ2n) is 3.66. The lowest BCUT2D eigenvalue weighted by Gasteiger charge is -1.96. The number of hydrazone groups is 1. The molecule has 0 spiro atoms. The van der Waals surface area contributed by atoms with Crippen LogP contribution in [-0.2, 0) is 4.79 Å². The van der Waals surface area contributed by atoms with Crippen molar-refractivity contribution in [3.05, 3.63) is 35.5 Å². The highest BCUT2D eigenvalue weighted by molar-refractivity contribution is 7.14. The molecule has 0 amide bonds. The molecule has 0 fully saturated rings. The average Bonchev–Trinajstić information content (AvgIpc) is 2.85. The summed E-state index contributed by atoms with van der Waals surface area (Å²) >= 11 is 1.29. The van der Waals surface area contributed by atoms with Gasteiger partial charge in [0.1, 0.15) is 11.5 Å². The van der Waals surface area contributed by atoms with E-state index in [0.717, 1.165) is 5.56 Å². The second kappa shape index (κ2) is 5.57. The number of aromatic nitrogens is 1. The van der Waals surface area contributed by atoms with Gasteiger partial charge in [-0.1, -0.05) is 0 Å². The summed E-state index contributed by atoms with van der Waals surface area (Å²) in [6, 6.07) is 5.96. The molecule has 0 atom stereocenters. The van der Waals surface area contributed by atoms with Crippen molar-refractivity contribution in [2.75, 3.05) is 5.43 Å². The van der Waals surface area contributed by atoms with Crippen molar-refractivity contribution >= 4 is 28.1 Å². The molecule has 98 valence electrons. The molecule has 7 heteroatoms. The molecule has 0 unspecified atom stereocenters. The Hall–Kier alpha value is -2.28. The maximum atomic E-state index is 12.8. The van der Waals surface area contributed by atoms with Gasteiger partial charge < -0.3 is 5.11 Å². The number of nitrogens with zero attached hydrogens (tertiary/aromatic N) is 2. The van der Waals surface area contributed by atoms with Crippen LogP contribution in [0.25, 0.3) is 11.3 Å². The number of aliphatic carboxylic acids is 1. The highest BCUT2D eigenvalue weighted by Crippen LogP contribution is 2.24. The van der Waals surface area contributed by atoms with Crippen molar-refractivity contribution < 1.29 is 14.3 Å². The molecule has 0 radical (unpaired) electrons. The van der Waals surface area contributed by atoms with Crippen LogP contribution >= 0.6 is 11.3 Å². The van der Waals surface area contributed by atoms with Crippen LogP contribution in [0.15, 0.2) is 34.7 Å². The summed E-state index contributed by atoms with van der Waals surface area (Å²) in [6.07, 6.45) is 0. The number of rotatable bonds is 4. The van der Waals surface area contributed by atoms with E-state index in [1.165, 1.54) is 30.4 Å². The van der Waals surface area contributed by atoms with Gasteiger partial charge in [-0.15, -0.1) is 11.3 Å². The van der Waals surface area contributed by atoms with E-state index in [4.69, 9.17) is 5.11 Å². The van der Waals surface area contributed by atoms with Crippen molar-refractivity contribution in [1.29, 1.82) is 0 Å². The van der Waals surface area contributed by atoms with Gasteiger partial charge in [-0.2, -0.15) is 5.10 Å². The number of thiazole rings is 1. The van der Waals surface area contributed by atoms with Crippen LogP contribution in [0, 0.1) is 5.82 Å². The second-order valence-corrected chi connectivity index (χ2v) is 4.52. The standard InChI is InChI=1S/C12H10FN3O2S/c1-7(11(17)18)15-16-12-14-10(6-19-12)8-2-4-9(13)5-3-8/h2-6H,1H3,(H,14,16)(H,17,18)/b15-7+. The molecule has 0 aliphatic heterocycles. The average molecular weight is 279 g/mol. The molecule has 0 bridgehead atoms. The van der Waals surface area contributed by atoms with Gasteiger partial charge >= 0.3 is 5.97 Å². The van der Waals surface area contributed by atoms with Gasteiger partial charge in [-0.25, -0.2) is 14.2 Å². The number of carbonyl (C=O) groups is 1. The van der Waals surface area contributed by atoms with Gasteiger partial charge in [0.25, 0.3) is 0 Å². The Morgan fingerprint density at radius 1 is 1.42 bits per heavy atom. The predicted molar refractivity (Wildman–Crippen MR) is 71.9 cm³/mol. The molecule has 0 aliphatic carbocycles. The third-order valence-corrected chi connectivity index (χ3v) is 3.02. The van der Waals surface area contributed by atoms with Gasteiger partial charge in [0.15, 0.2) is 0 Å². The van der Waals surface area contributed by atoms with Crippen LogP contribution in [-0.4, -0.2) is 21.8 Å². The maximum Gasteiger partial charge on any atom is 0.351 e. The number of halogens is 1. The van der Waals surface area contributed by atoms with Crippen LogP contribution < -0.4 is 5.43 Å². The Morgan fingerprint density at radius 3 is 2.74 bits per heavy atom. The monoisotopic (exact) mass is 279 g/mol. The third kappa shape index (κ3) is 3.35. The van der Waals surface area contributed by atoms with Crippen molar-refractivity contribution in [2.45, 2.75) is 6.92 Å². The molecule has 19 heavy (non-hydrogen) atoms. The zero-order chi connectivity index (χ0) is 13.8. The molecule has 1 aromatic heterocycles. The van der Waals surface area contributed by atoms with E-state index in [0.29, 0.717) is 10.8 Å². The normalized spacial score (nSPS) is 11.4. The molecule has 2 aromatic rings. The van der Waals surface area contributed by atoms with E-state index < -0.39 is 5.97 Å². The van der Waals surface area contributed by atoms with E-state index in [-0.39, 0.29) is 11.5 Å². The van der Waals surface area contributed by atoms with Gasteiger partial charge in [0.05, 0.1) is 5.69 Å². The minimum absolute atomic E-state index is 0.0569. The minimum atomic E-state index is -1.09. The highest BCUT2D eigenvalue weighted by Gasteiger charge is 2.05. The molecule has 0 saturated carbocycles. The lowest BCUT2D eigenvalue weighted by atomic mass is 10.2. The van der Waals surface area contributed by atoms with Gasteiger partial charge in [0.2, 0.25) is 5.13 Å². The summed E-state index contributed by atoms with van der Waals surface area (Å²) in [6.45, 7) is 1.38. The predicted octanol–water partition coefficient (Wildman–Crippen LogP) is 2.82. The Morgan fingerprint density at radius 2 is 2.11 bits per heavy atom. The minimum Gasteiger partial charge on any atom is -0.477 e. The Bertz CT molecular complexity index is 622. The summed E-state index contributed by atoms with van der Waals surface area (Å²) in [7, 11) is 0. The first-order chi connectivity index (χ1) is 9.06. The molecule has 2 rings (SSSR count). The number of hydrogen-bond acceptors (Lipinski definition) is 5. The van der Waals surface area contributed by atoms with E-state index in [9.17, 15) is 9.18 Å². The first kappa shape index (κ1) is 13.2. The number of carboxylic acid groups (broad SMARTS) is 1. The first-order valence-electron chi connectivity index (χ1n) is 5.31. The van der Waals surface area contributed by atoms with Crippen molar-refractivity contribution in [3.8, 4) is 11.3 Å². The number of carboxylic acids is 1. The zero-order valence-electron chi connectivity index (χ0n) is 9.92. The molecule has 2 N–H and O–H groups in total. The zero-order valence-corrected chi connectivity index (χ0v) is 10.7. The molecule has 0 saturated heterocycles. The highest BCUT2D eigenvalue weighted by atomic mass is 32.1. The number of benzene rings is 1. The van der Waals surface area contributed by atoms with Crippen molar-refractivity contribution in [1.82, 2.24) is 4.98 Å². The van der Waals surface area contributed by atoms with Gasteiger partial charge in [-0.05, 0) is 31.2 Å². The fraction of sp³-hybridized carbons (Fsp3) is 0.0833. The summed E-state index contributed by atoms with van der Waals surface area (Å²) in [4.78, 5) is 14.8. The smallest absolute Gasteiger partial charge is 0.351 e. The van der Waals surface area contributed by atoms with Crippen LogP contribution in [0.1, 0.15) is 6.92 Å². The number of nitrogens with one attached hydrogen (secondary N) is 1. The van der Waals surface area contributed by atoms with E-state index in [2.05, 4.69) is 15.5 Å². The Labute approximate surface area is 112 Å². The number of anilines is 1. The Balaban J connectivity index is 2.13. The van der Waals surface area contributed by atoms with Crippen LogP contribution in [0.2, 0.25) is 0 Å². The molecular formula is C12H10FN3O2S. The maximum absolute atomic E-state index is 12.8. The number of hydrogen-bond donors (Lipinski definition) is 2. The lowest BCUT2D eigenvalue weighted by molar-refractivity contribution is -0.129. The van der Waals surface area contributed by atoms with Crippen LogP contribution in [0.5, 0.6) is 0 Å². The molecule has 0 aliphatic rings. The van der Waals surface area contributed by atoms with Crippen molar-refractivity contribution in [2.24, 2.45) is 5.10 Å². The third-order valence-electron chi connectivity index (χ3n) is 2.27. The van der Waals surface area contributed by atoms with Gasteiger partial charge in [-0.3, -0.25) is 5.43 Å². The Kier molecular flexibility index (Phi) is 3.86.